The van der Waals surface area contributed by atoms with E-state index in [0.717, 1.165) is 11.7 Å². The van der Waals surface area contributed by atoms with Crippen molar-refractivity contribution < 1.29 is 0 Å². The molecule has 0 atom stereocenters. The van der Waals surface area contributed by atoms with Gasteiger partial charge in [-0.2, -0.15) is 0 Å². The van der Waals surface area contributed by atoms with Gasteiger partial charge in [0, 0.05) is 5.30 Å². The Hall–Kier alpha value is 0.230. The molecule has 0 aliphatic heterocycles. The molecule has 0 saturated heterocycles. The maximum absolute atomic E-state index is 5.92. The molecule has 0 fully saturated rings. The summed E-state index contributed by atoms with van der Waals surface area (Å²) in [6.45, 7) is 3.39. The average Bonchev–Trinajstić information content (AvgIpc) is 2.03. The third-order valence-corrected chi connectivity index (χ3v) is 3.70. The van der Waals surface area contributed by atoms with Crippen LogP contribution < -0.4 is 5.30 Å². The van der Waals surface area contributed by atoms with Crippen LogP contribution in [0.1, 0.15) is 19.4 Å². The van der Waals surface area contributed by atoms with E-state index in [2.05, 4.69) is 19.9 Å². The van der Waals surface area contributed by atoms with Gasteiger partial charge in [0.05, 0.1) is 0 Å². The Morgan fingerprint density at radius 2 is 1.85 bits per heavy atom. The topological polar surface area (TPSA) is 0 Å². The van der Waals surface area contributed by atoms with Crippen LogP contribution in [0.2, 0.25) is 0 Å². The van der Waals surface area contributed by atoms with Crippen molar-refractivity contribution in [2.75, 3.05) is 0 Å². The molecule has 0 spiro atoms. The lowest BCUT2D eigenvalue weighted by atomic mass is 10.0. The van der Waals surface area contributed by atoms with Crippen LogP contribution in [0.3, 0.4) is 0 Å². The van der Waals surface area contributed by atoms with E-state index in [0.29, 0.717) is 5.92 Å². The standard InChI is InChI=1S/C10H13Cl2P/c1-8(2)7-9-5-3-4-6-10(9)13(11)12/h3-6,8H,7H2,1-2H3. The van der Waals surface area contributed by atoms with Crippen LogP contribution in [0.25, 0.3) is 0 Å². The number of halogens is 2. The smallest absolute Gasteiger partial charge is 0.0727 e. The highest BCUT2D eigenvalue weighted by molar-refractivity contribution is 8.08. The fraction of sp³-hybridized carbons (Fsp3) is 0.400. The van der Waals surface area contributed by atoms with Gasteiger partial charge in [-0.25, -0.2) is 0 Å². The normalized spacial score (nSPS) is 11.2. The van der Waals surface area contributed by atoms with Crippen LogP contribution in [0.15, 0.2) is 24.3 Å². The fourth-order valence-electron chi connectivity index (χ4n) is 1.29. The molecule has 0 aliphatic carbocycles. The number of rotatable bonds is 3. The zero-order chi connectivity index (χ0) is 9.84. The molecule has 0 nitrogen and oxygen atoms in total. The molecular weight excluding hydrogens is 222 g/mol. The lowest BCUT2D eigenvalue weighted by Gasteiger charge is -2.11. The first-order valence-electron chi connectivity index (χ1n) is 4.31. The number of hydrogen-bond donors (Lipinski definition) is 0. The summed E-state index contributed by atoms with van der Waals surface area (Å²) >= 11 is 11.8. The summed E-state index contributed by atoms with van der Waals surface area (Å²) in [5.74, 6) is 0.643. The van der Waals surface area contributed by atoms with Crippen molar-refractivity contribution >= 4 is 34.4 Å². The van der Waals surface area contributed by atoms with Gasteiger partial charge < -0.3 is 0 Å². The van der Waals surface area contributed by atoms with Crippen molar-refractivity contribution in [1.29, 1.82) is 0 Å². The summed E-state index contributed by atoms with van der Waals surface area (Å²) in [6.07, 6.45) is 1.05. The molecule has 0 aliphatic rings. The molecule has 0 bridgehead atoms. The second kappa shape index (κ2) is 5.20. The van der Waals surface area contributed by atoms with Gasteiger partial charge in [0.2, 0.25) is 0 Å². The molecule has 0 saturated carbocycles. The summed E-state index contributed by atoms with van der Waals surface area (Å²) in [6, 6.07) is 8.14. The molecule has 0 aromatic heterocycles. The van der Waals surface area contributed by atoms with Gasteiger partial charge >= 0.3 is 0 Å². The SMILES string of the molecule is CC(C)Cc1ccccc1P(Cl)Cl. The minimum atomic E-state index is -1.00. The van der Waals surface area contributed by atoms with Gasteiger partial charge in [-0.3, -0.25) is 0 Å². The van der Waals surface area contributed by atoms with Crippen molar-refractivity contribution in [2.24, 2.45) is 5.92 Å². The summed E-state index contributed by atoms with van der Waals surface area (Å²) in [4.78, 5) is 0. The van der Waals surface area contributed by atoms with E-state index >= 15 is 0 Å². The molecule has 0 heterocycles. The highest BCUT2D eigenvalue weighted by Gasteiger charge is 2.09. The first kappa shape index (κ1) is 11.3. The van der Waals surface area contributed by atoms with Crippen LogP contribution >= 0.6 is 29.1 Å². The molecule has 3 heteroatoms. The van der Waals surface area contributed by atoms with Gasteiger partial charge in [-0.1, -0.05) is 60.6 Å². The van der Waals surface area contributed by atoms with Crippen LogP contribution in [-0.4, -0.2) is 0 Å². The van der Waals surface area contributed by atoms with Gasteiger partial charge in [0.15, 0.2) is 0 Å². The first-order valence-corrected chi connectivity index (χ1v) is 7.46. The molecule has 0 amide bonds. The third kappa shape index (κ3) is 3.46. The number of hydrogen-bond acceptors (Lipinski definition) is 0. The minimum absolute atomic E-state index is 0.643. The summed E-state index contributed by atoms with van der Waals surface area (Å²) in [5.41, 5.74) is 1.29. The molecule has 0 N–H and O–H groups in total. The van der Waals surface area contributed by atoms with E-state index in [1.165, 1.54) is 5.56 Å². The zero-order valence-electron chi connectivity index (χ0n) is 7.80. The predicted octanol–water partition coefficient (Wildman–Crippen LogP) is 4.30. The van der Waals surface area contributed by atoms with E-state index < -0.39 is 6.63 Å². The van der Waals surface area contributed by atoms with Crippen LogP contribution in [-0.2, 0) is 6.42 Å². The zero-order valence-corrected chi connectivity index (χ0v) is 10.2. The molecule has 0 unspecified atom stereocenters. The quantitative estimate of drug-likeness (QED) is 0.685. The Bertz CT molecular complexity index is 271. The Morgan fingerprint density at radius 3 is 2.38 bits per heavy atom. The molecule has 1 aromatic rings. The Morgan fingerprint density at radius 1 is 1.23 bits per heavy atom. The highest BCUT2D eigenvalue weighted by Crippen LogP contribution is 2.46. The fourth-order valence-corrected chi connectivity index (χ4v) is 2.86. The monoisotopic (exact) mass is 234 g/mol. The van der Waals surface area contributed by atoms with Crippen molar-refractivity contribution in [3.8, 4) is 0 Å². The minimum Gasteiger partial charge on any atom is -0.0727 e. The van der Waals surface area contributed by atoms with Gasteiger partial charge in [0.25, 0.3) is 0 Å². The lowest BCUT2D eigenvalue weighted by Crippen LogP contribution is -2.07. The van der Waals surface area contributed by atoms with E-state index in [-0.39, 0.29) is 0 Å². The van der Waals surface area contributed by atoms with Crippen LogP contribution in [0.5, 0.6) is 0 Å². The Labute approximate surface area is 90.6 Å². The van der Waals surface area contributed by atoms with E-state index in [4.69, 9.17) is 22.5 Å². The first-order chi connectivity index (χ1) is 6.11. The number of benzene rings is 1. The second-order valence-corrected chi connectivity index (χ2v) is 6.95. The lowest BCUT2D eigenvalue weighted by molar-refractivity contribution is 0.649. The molecule has 13 heavy (non-hydrogen) atoms. The Kier molecular flexibility index (Phi) is 4.52. The van der Waals surface area contributed by atoms with E-state index in [9.17, 15) is 0 Å². The van der Waals surface area contributed by atoms with E-state index in [1.54, 1.807) is 0 Å². The maximum atomic E-state index is 5.92. The molecular formula is C10H13Cl2P. The third-order valence-electron chi connectivity index (χ3n) is 1.80. The maximum Gasteiger partial charge on any atom is 0.117 e. The molecule has 0 radical (unpaired) electrons. The van der Waals surface area contributed by atoms with Gasteiger partial charge in [-0.05, 0) is 17.9 Å². The van der Waals surface area contributed by atoms with E-state index in [1.807, 2.05) is 18.2 Å². The van der Waals surface area contributed by atoms with Crippen molar-refractivity contribution in [2.45, 2.75) is 20.3 Å². The predicted molar refractivity (Wildman–Crippen MR) is 63.2 cm³/mol. The molecule has 1 aromatic carbocycles. The molecule has 72 valence electrons. The summed E-state index contributed by atoms with van der Waals surface area (Å²) in [5, 5.41) is 1.11. The van der Waals surface area contributed by atoms with Crippen LogP contribution in [0, 0.1) is 5.92 Å². The van der Waals surface area contributed by atoms with Crippen LogP contribution in [0.4, 0.5) is 0 Å². The largest absolute Gasteiger partial charge is 0.117 e. The second-order valence-electron chi connectivity index (χ2n) is 3.46. The van der Waals surface area contributed by atoms with Gasteiger partial charge in [-0.15, -0.1) is 0 Å². The summed E-state index contributed by atoms with van der Waals surface area (Å²) < 4.78 is 0. The van der Waals surface area contributed by atoms with Gasteiger partial charge in [0.1, 0.15) is 6.63 Å². The average molecular weight is 235 g/mol. The Balaban J connectivity index is 2.91. The van der Waals surface area contributed by atoms with Crippen molar-refractivity contribution in [3.05, 3.63) is 29.8 Å². The molecule has 1 rings (SSSR count). The summed E-state index contributed by atoms with van der Waals surface area (Å²) in [7, 11) is 0. The highest BCUT2D eigenvalue weighted by atomic mass is 35.9. The van der Waals surface area contributed by atoms with Crippen molar-refractivity contribution in [1.82, 2.24) is 0 Å². The van der Waals surface area contributed by atoms with Crippen molar-refractivity contribution in [3.63, 3.8) is 0 Å².